The smallest absolute Gasteiger partial charge is 0.342 e. The number of rotatable bonds is 4. The van der Waals surface area contributed by atoms with E-state index < -0.39 is 24.0 Å². The van der Waals surface area contributed by atoms with Gasteiger partial charge >= 0.3 is 5.97 Å². The van der Waals surface area contributed by atoms with Gasteiger partial charge in [0.05, 0.1) is 17.7 Å². The van der Waals surface area contributed by atoms with E-state index in [1.54, 1.807) is 0 Å². The summed E-state index contributed by atoms with van der Waals surface area (Å²) in [5.74, 6) is -2.11. The summed E-state index contributed by atoms with van der Waals surface area (Å²) < 4.78 is 31.9. The highest BCUT2D eigenvalue weighted by atomic mass is 35.5. The van der Waals surface area contributed by atoms with E-state index in [9.17, 15) is 13.6 Å². The SMILES string of the molecule is CCOC(=O)C(F)[C@@H](N)c1c(Cl)ccc(Cl)c1F.Cl. The van der Waals surface area contributed by atoms with Crippen molar-refractivity contribution < 1.29 is 18.3 Å². The minimum Gasteiger partial charge on any atom is -0.464 e. The molecule has 0 amide bonds. The molecule has 2 N–H and O–H groups in total. The van der Waals surface area contributed by atoms with E-state index in [4.69, 9.17) is 28.9 Å². The Morgan fingerprint density at radius 3 is 2.47 bits per heavy atom. The Bertz CT molecular complexity index is 460. The van der Waals surface area contributed by atoms with Crippen molar-refractivity contribution in [1.82, 2.24) is 0 Å². The van der Waals surface area contributed by atoms with Gasteiger partial charge in [-0.25, -0.2) is 13.6 Å². The molecule has 0 aliphatic heterocycles. The maximum Gasteiger partial charge on any atom is 0.342 e. The third-order valence-corrected chi connectivity index (χ3v) is 2.86. The van der Waals surface area contributed by atoms with Gasteiger partial charge in [-0.15, -0.1) is 12.4 Å². The van der Waals surface area contributed by atoms with Crippen LogP contribution in [0, 0.1) is 5.82 Å². The number of halogens is 5. The number of hydrogen-bond acceptors (Lipinski definition) is 3. The number of benzene rings is 1. The van der Waals surface area contributed by atoms with E-state index in [-0.39, 0.29) is 34.6 Å². The second kappa shape index (κ2) is 7.85. The first kappa shape index (κ1) is 18.4. The Balaban J connectivity index is 0.00000324. The monoisotopic (exact) mass is 333 g/mol. The zero-order valence-electron chi connectivity index (χ0n) is 9.83. The highest BCUT2D eigenvalue weighted by Gasteiger charge is 2.31. The molecule has 0 aromatic heterocycles. The molecule has 1 rings (SSSR count). The molecule has 0 aliphatic rings. The van der Waals surface area contributed by atoms with Crippen LogP contribution in [0.3, 0.4) is 0 Å². The zero-order valence-corrected chi connectivity index (χ0v) is 12.2. The van der Waals surface area contributed by atoms with Crippen LogP contribution in [0.1, 0.15) is 18.5 Å². The molecule has 3 nitrogen and oxygen atoms in total. The Kier molecular flexibility index (Phi) is 7.59. The molecule has 108 valence electrons. The van der Waals surface area contributed by atoms with Gasteiger partial charge in [0.25, 0.3) is 0 Å². The standard InChI is InChI=1S/C11H11Cl2F2NO2.ClH/c1-2-18-11(17)9(15)10(16)7-5(12)3-4-6(13)8(7)14;/h3-4,9-10H,2,16H2,1H3;1H/t9?,10-;/m0./s1. The average Bonchev–Trinajstić information content (AvgIpc) is 2.33. The second-order valence-corrected chi connectivity index (χ2v) is 4.25. The van der Waals surface area contributed by atoms with Crippen molar-refractivity contribution in [2.24, 2.45) is 5.73 Å². The normalized spacial score (nSPS) is 13.4. The molecule has 0 saturated carbocycles. The topological polar surface area (TPSA) is 52.3 Å². The number of esters is 1. The molecule has 0 saturated heterocycles. The van der Waals surface area contributed by atoms with Crippen LogP contribution in [0.2, 0.25) is 10.0 Å². The first-order chi connectivity index (χ1) is 8.40. The molecule has 0 fully saturated rings. The van der Waals surface area contributed by atoms with Crippen LogP contribution >= 0.6 is 35.6 Å². The summed E-state index contributed by atoms with van der Waals surface area (Å²) >= 11 is 11.3. The molecular formula is C11H12Cl3F2NO2. The van der Waals surface area contributed by atoms with Gasteiger partial charge in [-0.05, 0) is 19.1 Å². The maximum atomic E-state index is 13.7. The first-order valence-corrected chi connectivity index (χ1v) is 5.85. The van der Waals surface area contributed by atoms with Crippen molar-refractivity contribution in [3.63, 3.8) is 0 Å². The van der Waals surface area contributed by atoms with Gasteiger partial charge in [0.1, 0.15) is 5.82 Å². The molecule has 1 aromatic carbocycles. The Labute approximate surface area is 125 Å². The molecule has 0 aliphatic carbocycles. The Morgan fingerprint density at radius 1 is 1.42 bits per heavy atom. The van der Waals surface area contributed by atoms with E-state index in [2.05, 4.69) is 4.74 Å². The van der Waals surface area contributed by atoms with Crippen LogP contribution in [0.4, 0.5) is 8.78 Å². The van der Waals surface area contributed by atoms with Crippen LogP contribution in [-0.2, 0) is 9.53 Å². The van der Waals surface area contributed by atoms with Gasteiger partial charge in [-0.2, -0.15) is 0 Å². The van der Waals surface area contributed by atoms with Crippen LogP contribution in [0.5, 0.6) is 0 Å². The van der Waals surface area contributed by atoms with Crippen LogP contribution in [-0.4, -0.2) is 18.7 Å². The van der Waals surface area contributed by atoms with Gasteiger partial charge < -0.3 is 10.5 Å². The van der Waals surface area contributed by atoms with Gasteiger partial charge in [0.15, 0.2) is 0 Å². The Morgan fingerprint density at radius 2 is 1.95 bits per heavy atom. The fourth-order valence-corrected chi connectivity index (χ4v) is 1.80. The summed E-state index contributed by atoms with van der Waals surface area (Å²) in [6, 6.07) is 0.919. The fraction of sp³-hybridized carbons (Fsp3) is 0.364. The lowest BCUT2D eigenvalue weighted by molar-refractivity contribution is -0.149. The van der Waals surface area contributed by atoms with E-state index >= 15 is 0 Å². The fourth-order valence-electron chi connectivity index (χ4n) is 1.36. The Hall–Kier alpha value is -0.620. The summed E-state index contributed by atoms with van der Waals surface area (Å²) in [5, 5.41) is -0.350. The summed E-state index contributed by atoms with van der Waals surface area (Å²) in [4.78, 5) is 11.2. The summed E-state index contributed by atoms with van der Waals surface area (Å²) in [6.45, 7) is 1.51. The minimum absolute atomic E-state index is 0. The van der Waals surface area contributed by atoms with E-state index in [0.29, 0.717) is 0 Å². The predicted molar refractivity (Wildman–Crippen MR) is 72.1 cm³/mol. The quantitative estimate of drug-likeness (QED) is 0.678. The summed E-state index contributed by atoms with van der Waals surface area (Å²) in [7, 11) is 0. The van der Waals surface area contributed by atoms with Gasteiger partial charge in [0, 0.05) is 10.6 Å². The van der Waals surface area contributed by atoms with Gasteiger partial charge in [0.2, 0.25) is 6.17 Å². The highest BCUT2D eigenvalue weighted by molar-refractivity contribution is 6.33. The van der Waals surface area contributed by atoms with E-state index in [0.717, 1.165) is 0 Å². The van der Waals surface area contributed by atoms with Crippen LogP contribution in [0.15, 0.2) is 12.1 Å². The highest BCUT2D eigenvalue weighted by Crippen LogP contribution is 2.32. The molecule has 2 atom stereocenters. The molecule has 1 unspecified atom stereocenters. The number of carbonyl (C=O) groups excluding carboxylic acids is 1. The lowest BCUT2D eigenvalue weighted by atomic mass is 10.0. The van der Waals surface area contributed by atoms with Crippen molar-refractivity contribution >= 4 is 41.6 Å². The number of nitrogens with two attached hydrogens (primary N) is 1. The minimum atomic E-state index is -2.21. The largest absolute Gasteiger partial charge is 0.464 e. The molecular weight excluding hydrogens is 322 g/mol. The van der Waals surface area contributed by atoms with Crippen molar-refractivity contribution in [2.45, 2.75) is 19.1 Å². The first-order valence-electron chi connectivity index (χ1n) is 5.09. The van der Waals surface area contributed by atoms with E-state index in [1.807, 2.05) is 0 Å². The van der Waals surface area contributed by atoms with Crippen LogP contribution < -0.4 is 5.73 Å². The van der Waals surface area contributed by atoms with Crippen LogP contribution in [0.25, 0.3) is 0 Å². The third kappa shape index (κ3) is 4.18. The summed E-state index contributed by atoms with van der Waals surface area (Å²) in [6.07, 6.45) is -2.21. The molecule has 0 heterocycles. The van der Waals surface area contributed by atoms with Crippen molar-refractivity contribution in [1.29, 1.82) is 0 Å². The third-order valence-electron chi connectivity index (χ3n) is 2.24. The number of ether oxygens (including phenoxy) is 1. The lowest BCUT2D eigenvalue weighted by Crippen LogP contribution is -2.32. The summed E-state index contributed by atoms with van der Waals surface area (Å²) in [5.41, 5.74) is 5.14. The van der Waals surface area contributed by atoms with Crippen molar-refractivity contribution in [2.75, 3.05) is 6.61 Å². The van der Waals surface area contributed by atoms with Gasteiger partial charge in [-0.3, -0.25) is 0 Å². The molecule has 19 heavy (non-hydrogen) atoms. The molecule has 0 bridgehead atoms. The number of carbonyl (C=O) groups is 1. The van der Waals surface area contributed by atoms with Gasteiger partial charge in [-0.1, -0.05) is 23.2 Å². The molecule has 0 spiro atoms. The number of hydrogen-bond donors (Lipinski definition) is 1. The predicted octanol–water partition coefficient (Wildman–Crippen LogP) is 3.46. The maximum absolute atomic E-state index is 13.7. The zero-order chi connectivity index (χ0) is 13.9. The van der Waals surface area contributed by atoms with E-state index in [1.165, 1.54) is 19.1 Å². The van der Waals surface area contributed by atoms with Crippen molar-refractivity contribution in [3.05, 3.63) is 33.6 Å². The second-order valence-electron chi connectivity index (χ2n) is 3.44. The van der Waals surface area contributed by atoms with Crippen molar-refractivity contribution in [3.8, 4) is 0 Å². The molecule has 8 heteroatoms. The number of alkyl halides is 1. The lowest BCUT2D eigenvalue weighted by Gasteiger charge is -2.18. The molecule has 0 radical (unpaired) electrons. The molecule has 1 aromatic rings. The average molecular weight is 335 g/mol.